The van der Waals surface area contributed by atoms with Gasteiger partial charge in [0.15, 0.2) is 6.07 Å². The molecular formula is C8H10N2. The summed E-state index contributed by atoms with van der Waals surface area (Å²) in [6.07, 6.45) is 4.87. The summed E-state index contributed by atoms with van der Waals surface area (Å²) in [5, 5.41) is 8.68. The molecule has 1 saturated carbocycles. The molecule has 0 spiro atoms. The minimum atomic E-state index is -0.641. The molecule has 2 nitrogen and oxygen atoms in total. The Morgan fingerprint density at radius 2 is 1.90 bits per heavy atom. The van der Waals surface area contributed by atoms with E-state index in [0.717, 1.165) is 25.7 Å². The maximum atomic E-state index is 8.68. The molecule has 1 fully saturated rings. The fraction of sp³-hybridized carbons (Fsp3) is 0.750. The summed E-state index contributed by atoms with van der Waals surface area (Å²) in [4.78, 5) is 3.39. The third-order valence-electron chi connectivity index (χ3n) is 2.10. The van der Waals surface area contributed by atoms with Crippen molar-refractivity contribution >= 4 is 0 Å². The second kappa shape index (κ2) is 2.71. The first-order chi connectivity index (χ1) is 4.83. The highest BCUT2D eigenvalue weighted by molar-refractivity contribution is 5.15. The number of nitrogens with zero attached hydrogens (tertiary/aromatic N) is 2. The van der Waals surface area contributed by atoms with E-state index in [4.69, 9.17) is 11.8 Å². The molecule has 1 aliphatic rings. The maximum absolute atomic E-state index is 8.68. The zero-order chi connectivity index (χ0) is 7.45. The van der Waals surface area contributed by atoms with Gasteiger partial charge in [-0.05, 0) is 12.8 Å². The first kappa shape index (κ1) is 7.09. The van der Waals surface area contributed by atoms with Crippen molar-refractivity contribution in [2.75, 3.05) is 0 Å². The molecule has 0 bridgehead atoms. The second-order valence-corrected chi connectivity index (χ2v) is 2.82. The van der Waals surface area contributed by atoms with Gasteiger partial charge in [0.1, 0.15) is 0 Å². The van der Waals surface area contributed by atoms with Crippen LogP contribution in [-0.2, 0) is 0 Å². The quantitative estimate of drug-likeness (QED) is 0.466. The van der Waals surface area contributed by atoms with E-state index in [-0.39, 0.29) is 0 Å². The van der Waals surface area contributed by atoms with E-state index in [9.17, 15) is 0 Å². The molecule has 0 radical (unpaired) electrons. The lowest BCUT2D eigenvalue weighted by Crippen LogP contribution is -2.24. The molecule has 1 rings (SSSR count). The van der Waals surface area contributed by atoms with Crippen LogP contribution in [-0.4, -0.2) is 5.54 Å². The van der Waals surface area contributed by atoms with E-state index in [1.165, 1.54) is 6.42 Å². The highest BCUT2D eigenvalue weighted by Crippen LogP contribution is 2.30. The third-order valence-corrected chi connectivity index (χ3v) is 2.10. The Morgan fingerprint density at radius 1 is 1.30 bits per heavy atom. The van der Waals surface area contributed by atoms with E-state index in [1.807, 2.05) is 0 Å². The maximum Gasteiger partial charge on any atom is 0.315 e. The van der Waals surface area contributed by atoms with Crippen LogP contribution in [0.15, 0.2) is 0 Å². The van der Waals surface area contributed by atoms with Crippen LogP contribution in [0.3, 0.4) is 0 Å². The number of nitriles is 1. The van der Waals surface area contributed by atoms with Crippen molar-refractivity contribution in [2.45, 2.75) is 37.6 Å². The van der Waals surface area contributed by atoms with Crippen molar-refractivity contribution < 1.29 is 0 Å². The Labute approximate surface area is 61.3 Å². The number of hydrogen-bond acceptors (Lipinski definition) is 1. The minimum absolute atomic E-state index is 0.641. The summed E-state index contributed by atoms with van der Waals surface area (Å²) in [6.45, 7) is 6.85. The molecule has 0 heterocycles. The Morgan fingerprint density at radius 3 is 2.20 bits per heavy atom. The number of hydrogen-bond donors (Lipinski definition) is 0. The minimum Gasteiger partial charge on any atom is -0.294 e. The summed E-state index contributed by atoms with van der Waals surface area (Å²) >= 11 is 0. The smallest absolute Gasteiger partial charge is 0.294 e. The van der Waals surface area contributed by atoms with Gasteiger partial charge in [-0.25, -0.2) is 6.57 Å². The van der Waals surface area contributed by atoms with Gasteiger partial charge in [-0.15, -0.1) is 0 Å². The predicted octanol–water partition coefficient (Wildman–Crippen LogP) is 2.13. The Kier molecular flexibility index (Phi) is 1.92. The van der Waals surface area contributed by atoms with Gasteiger partial charge in [0.05, 0.1) is 0 Å². The van der Waals surface area contributed by atoms with E-state index >= 15 is 0 Å². The highest BCUT2D eigenvalue weighted by atomic mass is 14.8. The van der Waals surface area contributed by atoms with Gasteiger partial charge >= 0.3 is 5.54 Å². The molecule has 0 aliphatic heterocycles. The largest absolute Gasteiger partial charge is 0.315 e. The van der Waals surface area contributed by atoms with Crippen LogP contribution in [0.5, 0.6) is 0 Å². The SMILES string of the molecule is [C-]#[N+]C1(C#N)CCCCC1. The summed E-state index contributed by atoms with van der Waals surface area (Å²) in [7, 11) is 0. The van der Waals surface area contributed by atoms with Crippen molar-refractivity contribution in [1.29, 1.82) is 5.26 Å². The van der Waals surface area contributed by atoms with E-state index < -0.39 is 5.54 Å². The Hall–Kier alpha value is -1.02. The lowest BCUT2D eigenvalue weighted by atomic mass is 9.84. The molecule has 0 aromatic rings. The molecule has 0 N–H and O–H groups in total. The first-order valence-corrected chi connectivity index (χ1v) is 3.63. The molecule has 1 aliphatic carbocycles. The molecular weight excluding hydrogens is 124 g/mol. The summed E-state index contributed by atoms with van der Waals surface area (Å²) in [5.41, 5.74) is -0.641. The molecule has 52 valence electrons. The summed E-state index contributed by atoms with van der Waals surface area (Å²) in [5.74, 6) is 0. The zero-order valence-corrected chi connectivity index (χ0v) is 5.93. The number of rotatable bonds is 0. The van der Waals surface area contributed by atoms with Gasteiger partial charge in [0.25, 0.3) is 0 Å². The van der Waals surface area contributed by atoms with Gasteiger partial charge in [0.2, 0.25) is 0 Å². The van der Waals surface area contributed by atoms with Gasteiger partial charge in [-0.3, -0.25) is 4.85 Å². The van der Waals surface area contributed by atoms with Crippen molar-refractivity contribution in [3.05, 3.63) is 11.4 Å². The molecule has 0 unspecified atom stereocenters. The van der Waals surface area contributed by atoms with Crippen molar-refractivity contribution in [2.24, 2.45) is 0 Å². The van der Waals surface area contributed by atoms with Crippen molar-refractivity contribution in [3.63, 3.8) is 0 Å². The van der Waals surface area contributed by atoms with Crippen molar-refractivity contribution in [1.82, 2.24) is 0 Å². The molecule has 0 aromatic heterocycles. The highest BCUT2D eigenvalue weighted by Gasteiger charge is 2.37. The van der Waals surface area contributed by atoms with Gasteiger partial charge in [0, 0.05) is 12.8 Å². The van der Waals surface area contributed by atoms with Crippen LogP contribution in [0.1, 0.15) is 32.1 Å². The van der Waals surface area contributed by atoms with Gasteiger partial charge in [-0.1, -0.05) is 6.42 Å². The third kappa shape index (κ3) is 1.11. The molecule has 2 heteroatoms. The Balaban J connectivity index is 2.67. The Bertz CT molecular complexity index is 172. The normalized spacial score (nSPS) is 22.6. The lowest BCUT2D eigenvalue weighted by Gasteiger charge is -2.18. The topological polar surface area (TPSA) is 28.1 Å². The fourth-order valence-corrected chi connectivity index (χ4v) is 1.39. The van der Waals surface area contributed by atoms with Crippen LogP contribution in [0, 0.1) is 17.9 Å². The van der Waals surface area contributed by atoms with Gasteiger partial charge in [-0.2, -0.15) is 5.26 Å². The lowest BCUT2D eigenvalue weighted by molar-refractivity contribution is 0.414. The van der Waals surface area contributed by atoms with E-state index in [2.05, 4.69) is 10.9 Å². The zero-order valence-electron chi connectivity index (χ0n) is 5.93. The van der Waals surface area contributed by atoms with E-state index in [1.54, 1.807) is 0 Å². The average Bonchev–Trinajstić information content (AvgIpc) is 2.06. The molecule has 0 saturated heterocycles. The fourth-order valence-electron chi connectivity index (χ4n) is 1.39. The van der Waals surface area contributed by atoms with E-state index in [0.29, 0.717) is 0 Å². The van der Waals surface area contributed by atoms with Crippen LogP contribution in [0.4, 0.5) is 0 Å². The standard InChI is InChI=1S/C8H10N2/c1-10-8(7-9)5-3-2-4-6-8/h2-6H2. The first-order valence-electron chi connectivity index (χ1n) is 3.63. The monoisotopic (exact) mass is 134 g/mol. The van der Waals surface area contributed by atoms with Crippen LogP contribution >= 0.6 is 0 Å². The second-order valence-electron chi connectivity index (χ2n) is 2.82. The molecule has 10 heavy (non-hydrogen) atoms. The molecule has 0 amide bonds. The van der Waals surface area contributed by atoms with Crippen LogP contribution < -0.4 is 0 Å². The van der Waals surface area contributed by atoms with Gasteiger partial charge < -0.3 is 0 Å². The average molecular weight is 134 g/mol. The molecule has 0 atom stereocenters. The van der Waals surface area contributed by atoms with Crippen molar-refractivity contribution in [3.8, 4) is 6.07 Å². The summed E-state index contributed by atoms with van der Waals surface area (Å²) in [6, 6.07) is 2.11. The predicted molar refractivity (Wildman–Crippen MR) is 38.0 cm³/mol. The van der Waals surface area contributed by atoms with Crippen LogP contribution in [0.25, 0.3) is 4.85 Å². The van der Waals surface area contributed by atoms with Crippen LogP contribution in [0.2, 0.25) is 0 Å². The molecule has 0 aromatic carbocycles. The summed E-state index contributed by atoms with van der Waals surface area (Å²) < 4.78 is 0.